The summed E-state index contributed by atoms with van der Waals surface area (Å²) < 4.78 is 16.4. The first-order chi connectivity index (χ1) is 18.1. The predicted molar refractivity (Wildman–Crippen MR) is 141 cm³/mol. The molecule has 9 nitrogen and oxygen atoms in total. The number of benzene rings is 1. The SMILES string of the molecule is COc1ccc(C2CC(c3cccs3)=NN2C(=O)CN(CCN2CCOCC2)C(=O)C2CC2)cc1OC. The van der Waals surface area contributed by atoms with Gasteiger partial charge in [0.1, 0.15) is 6.54 Å². The minimum Gasteiger partial charge on any atom is -0.493 e. The Morgan fingerprint density at radius 1 is 1.14 bits per heavy atom. The van der Waals surface area contributed by atoms with Gasteiger partial charge in [-0.2, -0.15) is 5.10 Å². The van der Waals surface area contributed by atoms with Crippen LogP contribution in [0.1, 0.15) is 35.7 Å². The average Bonchev–Trinajstić information content (AvgIpc) is 3.44. The number of hydrogen-bond donors (Lipinski definition) is 0. The van der Waals surface area contributed by atoms with Crippen LogP contribution in [0, 0.1) is 5.92 Å². The van der Waals surface area contributed by atoms with Crippen LogP contribution in [0.2, 0.25) is 0 Å². The lowest BCUT2D eigenvalue weighted by Gasteiger charge is -2.31. The summed E-state index contributed by atoms with van der Waals surface area (Å²) >= 11 is 1.61. The number of morpholine rings is 1. The van der Waals surface area contributed by atoms with Gasteiger partial charge < -0.3 is 19.1 Å². The summed E-state index contributed by atoms with van der Waals surface area (Å²) in [6, 6.07) is 9.42. The van der Waals surface area contributed by atoms with E-state index in [9.17, 15) is 9.59 Å². The molecule has 2 amide bonds. The van der Waals surface area contributed by atoms with Crippen molar-refractivity contribution in [3.63, 3.8) is 0 Å². The number of thiophene rings is 1. The van der Waals surface area contributed by atoms with Crippen molar-refractivity contribution in [3.8, 4) is 11.5 Å². The number of carbonyl (C=O) groups excluding carboxylic acids is 2. The van der Waals surface area contributed by atoms with Gasteiger partial charge in [-0.05, 0) is 42.0 Å². The number of ether oxygens (including phenoxy) is 3. The highest BCUT2D eigenvalue weighted by Crippen LogP contribution is 2.38. The molecular weight excluding hydrogens is 492 g/mol. The average molecular weight is 527 g/mol. The van der Waals surface area contributed by atoms with Crippen molar-refractivity contribution in [1.29, 1.82) is 0 Å². The van der Waals surface area contributed by atoms with Gasteiger partial charge in [0, 0.05) is 38.5 Å². The molecule has 0 N–H and O–H groups in total. The molecule has 37 heavy (non-hydrogen) atoms. The molecule has 1 aliphatic carbocycles. The van der Waals surface area contributed by atoms with Crippen molar-refractivity contribution in [2.24, 2.45) is 11.0 Å². The molecule has 3 aliphatic rings. The molecule has 1 saturated carbocycles. The van der Waals surface area contributed by atoms with Crippen LogP contribution in [0.5, 0.6) is 11.5 Å². The molecule has 3 heterocycles. The Morgan fingerprint density at radius 2 is 1.92 bits per heavy atom. The van der Waals surface area contributed by atoms with E-state index in [4.69, 9.17) is 19.3 Å². The summed E-state index contributed by atoms with van der Waals surface area (Å²) in [4.78, 5) is 32.0. The van der Waals surface area contributed by atoms with E-state index < -0.39 is 0 Å². The van der Waals surface area contributed by atoms with Crippen molar-refractivity contribution in [3.05, 3.63) is 46.2 Å². The van der Waals surface area contributed by atoms with E-state index in [1.54, 1.807) is 35.5 Å². The van der Waals surface area contributed by atoms with E-state index in [1.807, 2.05) is 35.7 Å². The summed E-state index contributed by atoms with van der Waals surface area (Å²) in [7, 11) is 3.20. The third kappa shape index (κ3) is 5.97. The molecule has 10 heteroatoms. The van der Waals surface area contributed by atoms with Gasteiger partial charge in [-0.25, -0.2) is 5.01 Å². The minimum absolute atomic E-state index is 0.0185. The summed E-state index contributed by atoms with van der Waals surface area (Å²) in [5.41, 5.74) is 1.78. The van der Waals surface area contributed by atoms with Crippen LogP contribution in [-0.4, -0.2) is 92.5 Å². The maximum absolute atomic E-state index is 13.8. The Morgan fingerprint density at radius 3 is 2.59 bits per heavy atom. The van der Waals surface area contributed by atoms with Crippen molar-refractivity contribution in [2.45, 2.75) is 25.3 Å². The normalized spacial score (nSPS) is 20.0. The van der Waals surface area contributed by atoms with Crippen LogP contribution in [-0.2, 0) is 14.3 Å². The van der Waals surface area contributed by atoms with Gasteiger partial charge in [-0.15, -0.1) is 11.3 Å². The number of hydrogen-bond acceptors (Lipinski definition) is 8. The van der Waals surface area contributed by atoms with Gasteiger partial charge in [-0.3, -0.25) is 14.5 Å². The van der Waals surface area contributed by atoms with Crippen LogP contribution in [0.15, 0.2) is 40.8 Å². The maximum atomic E-state index is 13.8. The number of rotatable bonds is 10. The van der Waals surface area contributed by atoms with E-state index in [2.05, 4.69) is 4.90 Å². The molecule has 0 spiro atoms. The molecule has 1 aromatic heterocycles. The Bertz CT molecular complexity index is 1130. The van der Waals surface area contributed by atoms with Gasteiger partial charge in [0.25, 0.3) is 5.91 Å². The van der Waals surface area contributed by atoms with Crippen LogP contribution in [0.3, 0.4) is 0 Å². The maximum Gasteiger partial charge on any atom is 0.262 e. The second-order valence-electron chi connectivity index (χ2n) is 9.58. The number of carbonyl (C=O) groups is 2. The van der Waals surface area contributed by atoms with Crippen molar-refractivity contribution >= 4 is 28.9 Å². The van der Waals surface area contributed by atoms with Crippen LogP contribution < -0.4 is 9.47 Å². The highest BCUT2D eigenvalue weighted by molar-refractivity contribution is 7.12. The molecule has 2 fully saturated rings. The summed E-state index contributed by atoms with van der Waals surface area (Å²) in [6.45, 7) is 4.38. The van der Waals surface area contributed by atoms with Gasteiger partial charge in [-0.1, -0.05) is 12.1 Å². The van der Waals surface area contributed by atoms with Crippen molar-refractivity contribution in [1.82, 2.24) is 14.8 Å². The molecular formula is C27H34N4O5S. The lowest BCUT2D eigenvalue weighted by atomic mass is 10.0. The Kier molecular flexibility index (Phi) is 8.07. The quantitative estimate of drug-likeness (QED) is 0.473. The fourth-order valence-electron chi connectivity index (χ4n) is 4.83. The first-order valence-corrected chi connectivity index (χ1v) is 13.7. The highest BCUT2D eigenvalue weighted by atomic mass is 32.1. The van der Waals surface area contributed by atoms with Crippen molar-refractivity contribution in [2.75, 3.05) is 60.2 Å². The summed E-state index contributed by atoms with van der Waals surface area (Å²) in [5.74, 6) is 1.18. The standard InChI is InChI=1S/C27H34N4O5S/c1-34-23-8-7-20(16-24(23)35-2)22-17-21(25-4-3-15-37-25)28-31(22)26(32)18-30(27(33)19-5-6-19)10-9-29-11-13-36-14-12-29/h3-4,7-8,15-16,19,22H,5-6,9-14,17-18H2,1-2H3. The molecule has 0 bridgehead atoms. The molecule has 0 radical (unpaired) electrons. The molecule has 1 unspecified atom stereocenters. The van der Waals surface area contributed by atoms with Gasteiger partial charge in [0.05, 0.1) is 44.1 Å². The minimum atomic E-state index is -0.290. The first kappa shape index (κ1) is 25.7. The molecule has 1 aromatic carbocycles. The zero-order valence-electron chi connectivity index (χ0n) is 21.4. The molecule has 1 atom stereocenters. The lowest BCUT2D eigenvalue weighted by molar-refractivity contribution is -0.142. The van der Waals surface area contributed by atoms with Crippen molar-refractivity contribution < 1.29 is 23.8 Å². The third-order valence-corrected chi connectivity index (χ3v) is 8.04. The van der Waals surface area contributed by atoms with E-state index in [0.29, 0.717) is 37.7 Å². The number of amides is 2. The Labute approximate surface area is 221 Å². The zero-order valence-corrected chi connectivity index (χ0v) is 22.2. The van der Waals surface area contributed by atoms with E-state index >= 15 is 0 Å². The second kappa shape index (κ2) is 11.6. The monoisotopic (exact) mass is 526 g/mol. The molecule has 2 aliphatic heterocycles. The van der Waals surface area contributed by atoms with Crippen LogP contribution >= 0.6 is 11.3 Å². The van der Waals surface area contributed by atoms with E-state index in [-0.39, 0.29) is 30.3 Å². The Balaban J connectivity index is 1.37. The lowest BCUT2D eigenvalue weighted by Crippen LogP contribution is -2.47. The number of methoxy groups -OCH3 is 2. The van der Waals surface area contributed by atoms with E-state index in [1.165, 1.54) is 0 Å². The summed E-state index contributed by atoms with van der Waals surface area (Å²) in [6.07, 6.45) is 2.39. The summed E-state index contributed by atoms with van der Waals surface area (Å²) in [5, 5.41) is 8.36. The zero-order chi connectivity index (χ0) is 25.8. The van der Waals surface area contributed by atoms with Crippen LogP contribution in [0.25, 0.3) is 0 Å². The highest BCUT2D eigenvalue weighted by Gasteiger charge is 2.38. The molecule has 198 valence electrons. The fourth-order valence-corrected chi connectivity index (χ4v) is 5.55. The number of nitrogens with zero attached hydrogens (tertiary/aromatic N) is 4. The van der Waals surface area contributed by atoms with E-state index in [0.717, 1.165) is 48.6 Å². The topological polar surface area (TPSA) is 83.9 Å². The first-order valence-electron chi connectivity index (χ1n) is 12.8. The van der Waals surface area contributed by atoms with Gasteiger partial charge >= 0.3 is 0 Å². The molecule has 1 saturated heterocycles. The molecule has 5 rings (SSSR count). The predicted octanol–water partition coefficient (Wildman–Crippen LogP) is 3.01. The van der Waals surface area contributed by atoms with Gasteiger partial charge in [0.15, 0.2) is 11.5 Å². The second-order valence-corrected chi connectivity index (χ2v) is 10.5. The smallest absolute Gasteiger partial charge is 0.262 e. The van der Waals surface area contributed by atoms with Gasteiger partial charge in [0.2, 0.25) is 5.91 Å². The van der Waals surface area contributed by atoms with Crippen LogP contribution in [0.4, 0.5) is 0 Å². The number of hydrazone groups is 1. The largest absolute Gasteiger partial charge is 0.493 e. The molecule has 2 aromatic rings. The fraction of sp³-hybridized carbons (Fsp3) is 0.519. The third-order valence-electron chi connectivity index (χ3n) is 7.12. The Hall–Kier alpha value is -2.95.